The molecule has 0 radical (unpaired) electrons. The SMILES string of the molecule is CNC(=O)C1(Cc2ccccc2)CN(C(=O)c2cnc(N)nc2-c2ccccc2)C1. The topological polar surface area (TPSA) is 101 Å². The lowest BCUT2D eigenvalue weighted by molar-refractivity contribution is -0.138. The smallest absolute Gasteiger partial charge is 0.257 e. The van der Waals surface area contributed by atoms with Crippen LogP contribution in [0.4, 0.5) is 5.95 Å². The van der Waals surface area contributed by atoms with Crippen LogP contribution in [0.3, 0.4) is 0 Å². The van der Waals surface area contributed by atoms with Gasteiger partial charge in [0.15, 0.2) is 0 Å². The average molecular weight is 401 g/mol. The van der Waals surface area contributed by atoms with E-state index in [1.165, 1.54) is 6.20 Å². The third-order valence-corrected chi connectivity index (χ3v) is 5.45. The molecule has 2 heterocycles. The standard InChI is InChI=1S/C23H23N5O2/c1-25-21(30)23(12-16-8-4-2-5-9-16)14-28(15-23)20(29)18-13-26-22(24)27-19(18)17-10-6-3-7-11-17/h2-11,13H,12,14-15H2,1H3,(H,25,30)(H2,24,26,27). The Labute approximate surface area is 175 Å². The van der Waals surface area contributed by atoms with E-state index in [4.69, 9.17) is 5.73 Å². The highest BCUT2D eigenvalue weighted by Crippen LogP contribution is 2.36. The Morgan fingerprint density at radius 1 is 1.07 bits per heavy atom. The molecule has 0 unspecified atom stereocenters. The van der Waals surface area contributed by atoms with E-state index in [1.807, 2.05) is 60.7 Å². The molecule has 4 rings (SSSR count). The zero-order valence-corrected chi connectivity index (χ0v) is 16.7. The van der Waals surface area contributed by atoms with Gasteiger partial charge in [-0.1, -0.05) is 60.7 Å². The number of carbonyl (C=O) groups excluding carboxylic acids is 2. The van der Waals surface area contributed by atoms with Crippen LogP contribution in [0.15, 0.2) is 66.9 Å². The molecular formula is C23H23N5O2. The minimum Gasteiger partial charge on any atom is -0.368 e. The first kappa shape index (κ1) is 19.6. The Bertz CT molecular complexity index is 1060. The number of hydrogen-bond acceptors (Lipinski definition) is 5. The van der Waals surface area contributed by atoms with Crippen molar-refractivity contribution in [1.82, 2.24) is 20.2 Å². The fourth-order valence-corrected chi connectivity index (χ4v) is 3.95. The van der Waals surface area contributed by atoms with Gasteiger partial charge in [0.2, 0.25) is 11.9 Å². The summed E-state index contributed by atoms with van der Waals surface area (Å²) in [7, 11) is 1.63. The molecule has 1 aliphatic heterocycles. The van der Waals surface area contributed by atoms with Crippen LogP contribution in [0, 0.1) is 5.41 Å². The van der Waals surface area contributed by atoms with Gasteiger partial charge >= 0.3 is 0 Å². The Morgan fingerprint density at radius 2 is 1.70 bits per heavy atom. The first-order valence-electron chi connectivity index (χ1n) is 9.76. The largest absolute Gasteiger partial charge is 0.368 e. The van der Waals surface area contributed by atoms with E-state index < -0.39 is 5.41 Å². The van der Waals surface area contributed by atoms with Crippen LogP contribution in [0.25, 0.3) is 11.3 Å². The van der Waals surface area contributed by atoms with Crippen molar-refractivity contribution in [2.24, 2.45) is 5.41 Å². The van der Waals surface area contributed by atoms with E-state index in [9.17, 15) is 9.59 Å². The molecule has 7 nitrogen and oxygen atoms in total. The Balaban J connectivity index is 1.59. The number of carbonyl (C=O) groups is 2. The van der Waals surface area contributed by atoms with Gasteiger partial charge < -0.3 is 16.0 Å². The van der Waals surface area contributed by atoms with Gasteiger partial charge in [-0.05, 0) is 12.0 Å². The molecule has 0 spiro atoms. The maximum Gasteiger partial charge on any atom is 0.257 e. The summed E-state index contributed by atoms with van der Waals surface area (Å²) in [4.78, 5) is 35.9. The normalized spacial score (nSPS) is 14.6. The number of aromatic nitrogens is 2. The number of nitrogens with one attached hydrogen (secondary N) is 1. The van der Waals surface area contributed by atoms with Crippen LogP contribution in [-0.2, 0) is 11.2 Å². The number of rotatable bonds is 5. The number of nitrogens with zero attached hydrogens (tertiary/aromatic N) is 3. The molecule has 1 fully saturated rings. The Hall–Kier alpha value is -3.74. The van der Waals surface area contributed by atoms with E-state index >= 15 is 0 Å². The van der Waals surface area contributed by atoms with Crippen molar-refractivity contribution in [2.45, 2.75) is 6.42 Å². The third-order valence-electron chi connectivity index (χ3n) is 5.45. The number of hydrogen-bond donors (Lipinski definition) is 2. The first-order valence-corrected chi connectivity index (χ1v) is 9.76. The predicted octanol–water partition coefficient (Wildman–Crippen LogP) is 2.16. The van der Waals surface area contributed by atoms with Crippen LogP contribution >= 0.6 is 0 Å². The van der Waals surface area contributed by atoms with Crippen molar-refractivity contribution in [1.29, 1.82) is 0 Å². The quantitative estimate of drug-likeness (QED) is 0.682. The molecular weight excluding hydrogens is 378 g/mol. The fraction of sp³-hybridized carbons (Fsp3) is 0.217. The third kappa shape index (κ3) is 3.61. The molecule has 1 aliphatic rings. The molecule has 3 N–H and O–H groups in total. The van der Waals surface area contributed by atoms with Gasteiger partial charge in [0.25, 0.3) is 5.91 Å². The molecule has 0 bridgehead atoms. The van der Waals surface area contributed by atoms with Crippen LogP contribution in [0.1, 0.15) is 15.9 Å². The van der Waals surface area contributed by atoms with Crippen LogP contribution in [-0.4, -0.2) is 46.8 Å². The maximum atomic E-state index is 13.3. The highest BCUT2D eigenvalue weighted by Gasteiger charge is 2.51. The van der Waals surface area contributed by atoms with Gasteiger partial charge in [-0.3, -0.25) is 9.59 Å². The molecule has 30 heavy (non-hydrogen) atoms. The summed E-state index contributed by atoms with van der Waals surface area (Å²) in [6.45, 7) is 0.665. The van der Waals surface area contributed by atoms with Crippen molar-refractivity contribution in [2.75, 3.05) is 25.9 Å². The van der Waals surface area contributed by atoms with Gasteiger partial charge in [0.05, 0.1) is 16.7 Å². The van der Waals surface area contributed by atoms with Crippen molar-refractivity contribution < 1.29 is 9.59 Å². The number of benzene rings is 2. The first-order chi connectivity index (χ1) is 14.5. The molecule has 1 saturated heterocycles. The summed E-state index contributed by atoms with van der Waals surface area (Å²) >= 11 is 0. The number of likely N-dealkylation sites (tertiary alicyclic amines) is 1. The van der Waals surface area contributed by atoms with Gasteiger partial charge in [0.1, 0.15) is 0 Å². The molecule has 1 aromatic heterocycles. The van der Waals surface area contributed by atoms with E-state index in [1.54, 1.807) is 11.9 Å². The molecule has 3 aromatic rings. The fourth-order valence-electron chi connectivity index (χ4n) is 3.95. The summed E-state index contributed by atoms with van der Waals surface area (Å²) in [5, 5.41) is 2.75. The van der Waals surface area contributed by atoms with E-state index in [0.717, 1.165) is 11.1 Å². The van der Waals surface area contributed by atoms with Crippen molar-refractivity contribution >= 4 is 17.8 Å². The van der Waals surface area contributed by atoms with Crippen LogP contribution < -0.4 is 11.1 Å². The second kappa shape index (κ2) is 7.94. The molecule has 7 heteroatoms. The summed E-state index contributed by atoms with van der Waals surface area (Å²) in [6.07, 6.45) is 2.03. The van der Waals surface area contributed by atoms with E-state index in [2.05, 4.69) is 15.3 Å². The number of amides is 2. The zero-order valence-electron chi connectivity index (χ0n) is 16.7. The maximum absolute atomic E-state index is 13.3. The minimum absolute atomic E-state index is 0.0627. The predicted molar refractivity (Wildman–Crippen MR) is 114 cm³/mol. The Kier molecular flexibility index (Phi) is 5.18. The lowest BCUT2D eigenvalue weighted by Gasteiger charge is -2.48. The van der Waals surface area contributed by atoms with Crippen LogP contribution in [0.2, 0.25) is 0 Å². The van der Waals surface area contributed by atoms with E-state index in [0.29, 0.717) is 30.8 Å². The highest BCUT2D eigenvalue weighted by molar-refractivity contribution is 6.01. The number of nitrogens with two attached hydrogens (primary N) is 1. The molecule has 0 atom stereocenters. The highest BCUT2D eigenvalue weighted by atomic mass is 16.2. The summed E-state index contributed by atoms with van der Waals surface area (Å²) in [6, 6.07) is 19.2. The molecule has 2 amide bonds. The van der Waals surface area contributed by atoms with Gasteiger partial charge in [-0.2, -0.15) is 0 Å². The molecule has 2 aromatic carbocycles. The molecule has 0 saturated carbocycles. The van der Waals surface area contributed by atoms with Gasteiger partial charge in [-0.15, -0.1) is 0 Å². The number of nitrogen functional groups attached to an aromatic ring is 1. The van der Waals surface area contributed by atoms with Crippen molar-refractivity contribution in [3.05, 3.63) is 78.0 Å². The summed E-state index contributed by atoms with van der Waals surface area (Å²) < 4.78 is 0. The summed E-state index contributed by atoms with van der Waals surface area (Å²) in [5.74, 6) is -0.161. The lowest BCUT2D eigenvalue weighted by Crippen LogP contribution is -2.65. The van der Waals surface area contributed by atoms with E-state index in [-0.39, 0.29) is 17.8 Å². The Morgan fingerprint density at radius 3 is 2.33 bits per heavy atom. The zero-order chi connectivity index (χ0) is 21.1. The van der Waals surface area contributed by atoms with Crippen molar-refractivity contribution in [3.8, 4) is 11.3 Å². The van der Waals surface area contributed by atoms with Crippen molar-refractivity contribution in [3.63, 3.8) is 0 Å². The minimum atomic E-state index is -0.645. The monoisotopic (exact) mass is 401 g/mol. The molecule has 0 aliphatic carbocycles. The summed E-state index contributed by atoms with van der Waals surface area (Å²) in [5.41, 5.74) is 7.85. The molecule has 152 valence electrons. The average Bonchev–Trinajstić information content (AvgIpc) is 2.76. The van der Waals surface area contributed by atoms with Gasteiger partial charge in [0, 0.05) is 31.9 Å². The van der Waals surface area contributed by atoms with Crippen LogP contribution in [0.5, 0.6) is 0 Å². The second-order valence-corrected chi connectivity index (χ2v) is 7.54. The van der Waals surface area contributed by atoms with Gasteiger partial charge in [-0.25, -0.2) is 9.97 Å². The lowest BCUT2D eigenvalue weighted by atomic mass is 9.73. The second-order valence-electron chi connectivity index (χ2n) is 7.54. The number of anilines is 1.